The highest BCUT2D eigenvalue weighted by atomic mass is 32.2. The lowest BCUT2D eigenvalue weighted by Gasteiger charge is -2.02. The van der Waals surface area contributed by atoms with E-state index < -0.39 is 15.3 Å². The van der Waals surface area contributed by atoms with E-state index in [1.807, 2.05) is 0 Å². The molecule has 0 heterocycles. The molecule has 0 N–H and O–H groups in total. The molecule has 0 rings (SSSR count). The van der Waals surface area contributed by atoms with Gasteiger partial charge in [-0.1, -0.05) is 13.8 Å². The molecule has 0 saturated heterocycles. The Morgan fingerprint density at radius 3 is 1.89 bits per heavy atom. The normalized spacial score (nSPS) is 15.4. The summed E-state index contributed by atoms with van der Waals surface area (Å²) in [7, 11) is -3.30. The van der Waals surface area contributed by atoms with E-state index in [1.165, 1.54) is 6.92 Å². The Hall–Kier alpha value is -0.0900. The summed E-state index contributed by atoms with van der Waals surface area (Å²) >= 11 is 0. The van der Waals surface area contributed by atoms with Gasteiger partial charge in [0.05, 0.1) is 5.75 Å². The van der Waals surface area contributed by atoms with E-state index in [2.05, 4.69) is 0 Å². The summed E-state index contributed by atoms with van der Waals surface area (Å²) in [5, 5.41) is 10.6. The van der Waals surface area contributed by atoms with Gasteiger partial charge in [-0.15, -0.1) is 0 Å². The lowest BCUT2D eigenvalue weighted by Crippen LogP contribution is -2.19. The first-order chi connectivity index (χ1) is 4.04. The fourth-order valence-electron chi connectivity index (χ4n) is 0.440. The molecule has 0 aliphatic rings. The van der Waals surface area contributed by atoms with Crippen molar-refractivity contribution in [1.82, 2.24) is 0 Å². The van der Waals surface area contributed by atoms with Crippen LogP contribution >= 0.6 is 0 Å². The molecule has 55 valence electrons. The predicted octanol–water partition coefficient (Wildman–Crippen LogP) is 0.588. The van der Waals surface area contributed by atoms with Crippen LogP contribution in [-0.2, 0) is 14.9 Å². The first kappa shape index (κ1) is 8.91. The summed E-state index contributed by atoms with van der Waals surface area (Å²) in [4.78, 5) is 0. The Labute approximate surface area is 55.6 Å². The van der Waals surface area contributed by atoms with Crippen molar-refractivity contribution in [2.24, 2.45) is 0 Å². The summed E-state index contributed by atoms with van der Waals surface area (Å²) in [5.41, 5.74) is -1.41. The third-order valence-electron chi connectivity index (χ3n) is 1.14. The van der Waals surface area contributed by atoms with Crippen LogP contribution in [0.4, 0.5) is 0 Å². The Bertz CT molecular complexity index is 159. The molecule has 9 heavy (non-hydrogen) atoms. The topological polar surface area (TPSA) is 54.0 Å². The molecule has 3 nitrogen and oxygen atoms in total. The van der Waals surface area contributed by atoms with Crippen molar-refractivity contribution in [2.45, 2.75) is 25.7 Å². The molecule has 0 aromatic heterocycles. The van der Waals surface area contributed by atoms with Crippen LogP contribution in [0.3, 0.4) is 0 Å². The van der Waals surface area contributed by atoms with E-state index in [0.29, 0.717) is 0 Å². The first-order valence-electron chi connectivity index (χ1n) is 2.92. The van der Waals surface area contributed by atoms with Gasteiger partial charge >= 0.3 is 0 Å². The monoisotopic (exact) mass is 151 g/mol. The lowest BCUT2D eigenvalue weighted by atomic mass is 10.5. The number of rotatable bonds is 3. The van der Waals surface area contributed by atoms with E-state index in [9.17, 15) is 13.5 Å². The van der Waals surface area contributed by atoms with Gasteiger partial charge in [0.15, 0.2) is 15.3 Å². The zero-order valence-corrected chi connectivity index (χ0v) is 6.44. The smallest absolute Gasteiger partial charge is 0.193 e. The van der Waals surface area contributed by atoms with Crippen molar-refractivity contribution < 1.29 is 13.5 Å². The van der Waals surface area contributed by atoms with Crippen molar-refractivity contribution in [2.75, 3.05) is 5.75 Å². The summed E-state index contributed by atoms with van der Waals surface area (Å²) in [6.45, 7) is 3.06. The van der Waals surface area contributed by atoms with Gasteiger partial charge < -0.3 is 0 Å². The molecule has 0 aromatic carbocycles. The molecule has 0 saturated carbocycles. The highest BCUT2D eigenvalue weighted by molar-refractivity contribution is 7.91. The molecule has 1 unspecified atom stereocenters. The van der Waals surface area contributed by atoms with E-state index in [4.69, 9.17) is 0 Å². The summed E-state index contributed by atoms with van der Waals surface area (Å²) in [6, 6.07) is 0. The second-order valence-electron chi connectivity index (χ2n) is 1.79. The molecular weight excluding hydrogens is 140 g/mol. The average Bonchev–Trinajstić information content (AvgIpc) is 1.86. The largest absolute Gasteiger partial charge is 0.226 e. The van der Waals surface area contributed by atoms with Crippen molar-refractivity contribution >= 4 is 9.84 Å². The fourth-order valence-corrected chi connectivity index (χ4v) is 1.32. The molecule has 4 heteroatoms. The average molecular weight is 151 g/mol. The standard InChI is InChI=1S/C5H11O3S/c1-3-5(6)9(7,8)4-2/h5H,3-4H2,1-2H3. The van der Waals surface area contributed by atoms with Gasteiger partial charge in [0, 0.05) is 0 Å². The predicted molar refractivity (Wildman–Crippen MR) is 34.2 cm³/mol. The van der Waals surface area contributed by atoms with Crippen LogP contribution in [-0.4, -0.2) is 19.6 Å². The van der Waals surface area contributed by atoms with Gasteiger partial charge in [0.25, 0.3) is 0 Å². The third-order valence-corrected chi connectivity index (χ3v) is 3.08. The van der Waals surface area contributed by atoms with Crippen molar-refractivity contribution in [3.8, 4) is 0 Å². The second-order valence-corrected chi connectivity index (χ2v) is 4.22. The minimum atomic E-state index is -3.30. The zero-order chi connectivity index (χ0) is 7.49. The van der Waals surface area contributed by atoms with Crippen LogP contribution in [0.15, 0.2) is 0 Å². The summed E-state index contributed by atoms with van der Waals surface area (Å²) < 4.78 is 21.2. The van der Waals surface area contributed by atoms with Crippen molar-refractivity contribution in [3.63, 3.8) is 0 Å². The quantitative estimate of drug-likeness (QED) is 0.592. The maximum absolute atomic E-state index is 10.6. The van der Waals surface area contributed by atoms with E-state index in [0.717, 1.165) is 0 Å². The number of hydrogen-bond donors (Lipinski definition) is 0. The zero-order valence-electron chi connectivity index (χ0n) is 5.62. The molecule has 0 aliphatic heterocycles. The van der Waals surface area contributed by atoms with Crippen molar-refractivity contribution in [3.05, 3.63) is 0 Å². The molecule has 0 amide bonds. The minimum Gasteiger partial charge on any atom is -0.226 e. The molecule has 0 spiro atoms. The van der Waals surface area contributed by atoms with Gasteiger partial charge in [-0.25, -0.2) is 13.5 Å². The van der Waals surface area contributed by atoms with Crippen LogP contribution in [0, 0.1) is 0 Å². The molecule has 1 radical (unpaired) electrons. The molecule has 0 aromatic rings. The van der Waals surface area contributed by atoms with Crippen molar-refractivity contribution in [1.29, 1.82) is 0 Å². The Balaban J connectivity index is 4.17. The molecule has 1 atom stereocenters. The Kier molecular flexibility index (Phi) is 3.14. The SMILES string of the molecule is CCC([O])S(=O)(=O)CC. The van der Waals surface area contributed by atoms with E-state index >= 15 is 0 Å². The first-order valence-corrected chi connectivity index (χ1v) is 4.63. The van der Waals surface area contributed by atoms with Gasteiger partial charge in [-0.2, -0.15) is 0 Å². The molecule has 0 bridgehead atoms. The van der Waals surface area contributed by atoms with E-state index in [-0.39, 0.29) is 12.2 Å². The number of sulfone groups is 1. The minimum absolute atomic E-state index is 0.0466. The second kappa shape index (κ2) is 3.17. The van der Waals surface area contributed by atoms with E-state index in [1.54, 1.807) is 6.92 Å². The Morgan fingerprint density at radius 2 is 1.78 bits per heavy atom. The molecule has 0 fully saturated rings. The molecular formula is C5H11O3S. The number of hydrogen-bond acceptors (Lipinski definition) is 2. The van der Waals surface area contributed by atoms with Gasteiger partial charge in [-0.05, 0) is 6.42 Å². The van der Waals surface area contributed by atoms with Crippen LogP contribution in [0.25, 0.3) is 0 Å². The highest BCUT2D eigenvalue weighted by Crippen LogP contribution is 2.02. The maximum atomic E-state index is 10.6. The van der Waals surface area contributed by atoms with Crippen LogP contribution in [0.5, 0.6) is 0 Å². The Morgan fingerprint density at radius 1 is 1.33 bits per heavy atom. The lowest BCUT2D eigenvalue weighted by molar-refractivity contribution is 0.151. The van der Waals surface area contributed by atoms with Crippen LogP contribution in [0.1, 0.15) is 20.3 Å². The van der Waals surface area contributed by atoms with Gasteiger partial charge in [0.2, 0.25) is 0 Å². The third kappa shape index (κ3) is 2.32. The van der Waals surface area contributed by atoms with Gasteiger partial charge in [0.1, 0.15) is 0 Å². The van der Waals surface area contributed by atoms with Gasteiger partial charge in [-0.3, -0.25) is 0 Å². The van der Waals surface area contributed by atoms with Crippen LogP contribution < -0.4 is 0 Å². The van der Waals surface area contributed by atoms with Crippen LogP contribution in [0.2, 0.25) is 0 Å². The summed E-state index contributed by atoms with van der Waals surface area (Å²) in [5.74, 6) is -0.0466. The fraction of sp³-hybridized carbons (Fsp3) is 1.00. The highest BCUT2D eigenvalue weighted by Gasteiger charge is 2.19. The summed E-state index contributed by atoms with van der Waals surface area (Å²) in [6.07, 6.45) is 0.163. The maximum Gasteiger partial charge on any atom is 0.193 e. The molecule has 0 aliphatic carbocycles.